The van der Waals surface area contributed by atoms with E-state index in [1.165, 1.54) is 18.4 Å². The van der Waals surface area contributed by atoms with Gasteiger partial charge in [0.2, 0.25) is 0 Å². The van der Waals surface area contributed by atoms with Crippen LogP contribution in [0.5, 0.6) is 0 Å². The maximum atomic E-state index is 2.39. The number of hydrogen-bond donors (Lipinski definition) is 0. The molecule has 0 heteroatoms. The molecule has 0 nitrogen and oxygen atoms in total. The Balaban J connectivity index is 2.17. The molecule has 0 spiro atoms. The zero-order chi connectivity index (χ0) is 10.1. The van der Waals surface area contributed by atoms with E-state index in [0.29, 0.717) is 0 Å². The predicted octanol–water partition coefficient (Wildman–Crippen LogP) is 4.14. The Hall–Kier alpha value is -0.780. The van der Waals surface area contributed by atoms with Crippen LogP contribution in [0, 0.1) is 18.8 Å². The molecule has 1 fully saturated rings. The molecule has 1 aliphatic carbocycles. The summed E-state index contributed by atoms with van der Waals surface area (Å²) in [7, 11) is 0. The molecule has 1 saturated carbocycles. The minimum Gasteiger partial charge on any atom is -0.0622 e. The standard InChI is InChI=1S/C14H20/c1-10-5-4-6-13(7-10)14-8-11(2)12(3)9-14/h4-7,11-12,14H,8-9H2,1-3H3. The summed E-state index contributed by atoms with van der Waals surface area (Å²) in [5, 5.41) is 0. The molecule has 0 saturated heterocycles. The highest BCUT2D eigenvalue weighted by Gasteiger charge is 2.28. The van der Waals surface area contributed by atoms with Gasteiger partial charge in [-0.05, 0) is 43.1 Å². The quantitative estimate of drug-likeness (QED) is 0.621. The van der Waals surface area contributed by atoms with E-state index in [1.54, 1.807) is 5.56 Å². The zero-order valence-corrected chi connectivity index (χ0v) is 9.46. The van der Waals surface area contributed by atoms with Gasteiger partial charge in [-0.2, -0.15) is 0 Å². The normalized spacial score (nSPS) is 32.1. The Kier molecular flexibility index (Phi) is 2.62. The van der Waals surface area contributed by atoms with Crippen LogP contribution in [0.4, 0.5) is 0 Å². The van der Waals surface area contributed by atoms with Gasteiger partial charge in [0.15, 0.2) is 0 Å². The Bertz CT molecular complexity index is 304. The van der Waals surface area contributed by atoms with Gasteiger partial charge in [-0.1, -0.05) is 43.7 Å². The highest BCUT2D eigenvalue weighted by Crippen LogP contribution is 2.41. The van der Waals surface area contributed by atoms with Crippen LogP contribution in [-0.4, -0.2) is 0 Å². The van der Waals surface area contributed by atoms with Crippen molar-refractivity contribution < 1.29 is 0 Å². The lowest BCUT2D eigenvalue weighted by Crippen LogP contribution is -1.95. The Morgan fingerprint density at radius 2 is 1.71 bits per heavy atom. The monoisotopic (exact) mass is 188 g/mol. The van der Waals surface area contributed by atoms with Crippen LogP contribution in [-0.2, 0) is 0 Å². The summed E-state index contributed by atoms with van der Waals surface area (Å²) in [4.78, 5) is 0. The molecule has 0 aromatic heterocycles. The molecular formula is C14H20. The van der Waals surface area contributed by atoms with Gasteiger partial charge in [-0.3, -0.25) is 0 Å². The Labute approximate surface area is 87.3 Å². The summed E-state index contributed by atoms with van der Waals surface area (Å²) < 4.78 is 0. The summed E-state index contributed by atoms with van der Waals surface area (Å²) in [6.45, 7) is 6.96. The SMILES string of the molecule is Cc1cccc(C2CC(C)C(C)C2)c1. The molecule has 0 amide bonds. The van der Waals surface area contributed by atoms with Crippen LogP contribution < -0.4 is 0 Å². The minimum absolute atomic E-state index is 0.819. The van der Waals surface area contributed by atoms with Crippen molar-refractivity contribution in [3.8, 4) is 0 Å². The lowest BCUT2D eigenvalue weighted by molar-refractivity contribution is 0.457. The van der Waals surface area contributed by atoms with E-state index in [4.69, 9.17) is 0 Å². The zero-order valence-electron chi connectivity index (χ0n) is 9.46. The minimum atomic E-state index is 0.819. The predicted molar refractivity (Wildman–Crippen MR) is 61.5 cm³/mol. The van der Waals surface area contributed by atoms with Crippen molar-refractivity contribution in [2.45, 2.75) is 39.5 Å². The smallest absolute Gasteiger partial charge is 0.0157 e. The first kappa shape index (κ1) is 9.76. The number of rotatable bonds is 1. The molecule has 1 aromatic carbocycles. The first-order valence-electron chi connectivity index (χ1n) is 5.73. The molecule has 0 aliphatic heterocycles. The third-order valence-corrected chi connectivity index (χ3v) is 3.80. The lowest BCUT2D eigenvalue weighted by atomic mass is 9.95. The average Bonchev–Trinajstić information content (AvgIpc) is 2.47. The van der Waals surface area contributed by atoms with Crippen molar-refractivity contribution in [3.05, 3.63) is 35.4 Å². The molecule has 1 aliphatic rings. The average molecular weight is 188 g/mol. The van der Waals surface area contributed by atoms with E-state index in [2.05, 4.69) is 45.0 Å². The second-order valence-electron chi connectivity index (χ2n) is 5.04. The molecule has 14 heavy (non-hydrogen) atoms. The number of aryl methyl sites for hydroxylation is 1. The molecular weight excluding hydrogens is 168 g/mol. The van der Waals surface area contributed by atoms with E-state index in [9.17, 15) is 0 Å². The van der Waals surface area contributed by atoms with Gasteiger partial charge in [-0.25, -0.2) is 0 Å². The fraction of sp³-hybridized carbons (Fsp3) is 0.571. The third-order valence-electron chi connectivity index (χ3n) is 3.80. The van der Waals surface area contributed by atoms with Gasteiger partial charge in [0.05, 0.1) is 0 Å². The van der Waals surface area contributed by atoms with E-state index in [1.807, 2.05) is 0 Å². The van der Waals surface area contributed by atoms with Crippen molar-refractivity contribution in [3.63, 3.8) is 0 Å². The van der Waals surface area contributed by atoms with Crippen molar-refractivity contribution in [1.82, 2.24) is 0 Å². The lowest BCUT2D eigenvalue weighted by Gasteiger charge is -2.10. The molecule has 0 heterocycles. The van der Waals surface area contributed by atoms with E-state index < -0.39 is 0 Å². The largest absolute Gasteiger partial charge is 0.0622 e. The number of benzene rings is 1. The van der Waals surface area contributed by atoms with E-state index in [0.717, 1.165) is 17.8 Å². The topological polar surface area (TPSA) is 0 Å². The molecule has 0 bridgehead atoms. The van der Waals surface area contributed by atoms with Gasteiger partial charge in [0.1, 0.15) is 0 Å². The summed E-state index contributed by atoms with van der Waals surface area (Å²) in [6.07, 6.45) is 2.76. The van der Waals surface area contributed by atoms with Crippen molar-refractivity contribution in [2.24, 2.45) is 11.8 Å². The molecule has 0 N–H and O–H groups in total. The van der Waals surface area contributed by atoms with Gasteiger partial charge in [-0.15, -0.1) is 0 Å². The second-order valence-corrected chi connectivity index (χ2v) is 5.04. The van der Waals surface area contributed by atoms with Crippen LogP contribution in [0.2, 0.25) is 0 Å². The maximum Gasteiger partial charge on any atom is -0.0157 e. The van der Waals surface area contributed by atoms with Crippen LogP contribution >= 0.6 is 0 Å². The second kappa shape index (κ2) is 3.76. The van der Waals surface area contributed by atoms with Gasteiger partial charge < -0.3 is 0 Å². The first-order chi connectivity index (χ1) is 6.66. The van der Waals surface area contributed by atoms with Gasteiger partial charge >= 0.3 is 0 Å². The summed E-state index contributed by atoms with van der Waals surface area (Å²) >= 11 is 0. The highest BCUT2D eigenvalue weighted by molar-refractivity contribution is 5.26. The first-order valence-corrected chi connectivity index (χ1v) is 5.73. The maximum absolute atomic E-state index is 2.39. The Morgan fingerprint density at radius 1 is 1.07 bits per heavy atom. The highest BCUT2D eigenvalue weighted by atomic mass is 14.3. The van der Waals surface area contributed by atoms with Gasteiger partial charge in [0, 0.05) is 0 Å². The summed E-state index contributed by atoms with van der Waals surface area (Å²) in [5.41, 5.74) is 2.95. The third kappa shape index (κ3) is 1.84. The van der Waals surface area contributed by atoms with Crippen LogP contribution in [0.3, 0.4) is 0 Å². The molecule has 1 aromatic rings. The molecule has 2 atom stereocenters. The van der Waals surface area contributed by atoms with Crippen molar-refractivity contribution in [2.75, 3.05) is 0 Å². The van der Waals surface area contributed by atoms with Crippen LogP contribution in [0.25, 0.3) is 0 Å². The fourth-order valence-corrected chi connectivity index (χ4v) is 2.65. The summed E-state index contributed by atoms with van der Waals surface area (Å²) in [6, 6.07) is 9.03. The molecule has 2 unspecified atom stereocenters. The Morgan fingerprint density at radius 3 is 2.29 bits per heavy atom. The molecule has 0 radical (unpaired) electrons. The van der Waals surface area contributed by atoms with E-state index >= 15 is 0 Å². The van der Waals surface area contributed by atoms with Crippen molar-refractivity contribution >= 4 is 0 Å². The van der Waals surface area contributed by atoms with E-state index in [-0.39, 0.29) is 0 Å². The van der Waals surface area contributed by atoms with Gasteiger partial charge in [0.25, 0.3) is 0 Å². The van der Waals surface area contributed by atoms with Crippen LogP contribution in [0.1, 0.15) is 43.7 Å². The van der Waals surface area contributed by atoms with Crippen LogP contribution in [0.15, 0.2) is 24.3 Å². The molecule has 2 rings (SSSR count). The fourth-order valence-electron chi connectivity index (χ4n) is 2.65. The summed E-state index contributed by atoms with van der Waals surface area (Å²) in [5.74, 6) is 2.63. The van der Waals surface area contributed by atoms with Crippen molar-refractivity contribution in [1.29, 1.82) is 0 Å². The molecule has 76 valence electrons. The number of hydrogen-bond acceptors (Lipinski definition) is 0.